The summed E-state index contributed by atoms with van der Waals surface area (Å²) in [5.74, 6) is -0.567. The van der Waals surface area contributed by atoms with E-state index in [4.69, 9.17) is 0 Å². The van der Waals surface area contributed by atoms with Gasteiger partial charge < -0.3 is 4.90 Å². The van der Waals surface area contributed by atoms with Crippen molar-refractivity contribution in [3.63, 3.8) is 0 Å². The smallest absolute Gasteiger partial charge is 0.258 e. The fraction of sp³-hybridized carbons (Fsp3) is 0.200. The molecule has 1 aliphatic rings. The van der Waals surface area contributed by atoms with Gasteiger partial charge in [-0.15, -0.1) is 0 Å². The van der Waals surface area contributed by atoms with E-state index in [0.717, 1.165) is 24.2 Å². The van der Waals surface area contributed by atoms with Crippen LogP contribution in [0.4, 0.5) is 10.1 Å². The normalized spacial score (nSPS) is 14.1. The number of hydrogen-bond donors (Lipinski definition) is 0. The molecule has 0 radical (unpaired) electrons. The van der Waals surface area contributed by atoms with Gasteiger partial charge in [0, 0.05) is 18.3 Å². The fourth-order valence-electron chi connectivity index (χ4n) is 2.38. The van der Waals surface area contributed by atoms with Crippen LogP contribution in [0.1, 0.15) is 22.5 Å². The van der Waals surface area contributed by atoms with Crippen molar-refractivity contribution in [2.75, 3.05) is 11.4 Å². The lowest BCUT2D eigenvalue weighted by Gasteiger charge is -2.28. The maximum Gasteiger partial charge on any atom is 0.258 e. The molecule has 2 aromatic rings. The topological polar surface area (TPSA) is 33.2 Å². The van der Waals surface area contributed by atoms with Gasteiger partial charge in [-0.3, -0.25) is 9.78 Å². The third-order valence-corrected chi connectivity index (χ3v) is 3.27. The molecule has 0 saturated heterocycles. The first-order valence-corrected chi connectivity index (χ1v) is 6.27. The first kappa shape index (κ1) is 11.8. The molecule has 0 saturated carbocycles. The molecule has 19 heavy (non-hydrogen) atoms. The van der Waals surface area contributed by atoms with Crippen LogP contribution in [0.15, 0.2) is 42.6 Å². The number of amides is 1. The summed E-state index contributed by atoms with van der Waals surface area (Å²) in [6.45, 7) is 0.647. The van der Waals surface area contributed by atoms with E-state index in [0.29, 0.717) is 12.1 Å². The Bertz CT molecular complexity index is 627. The zero-order valence-corrected chi connectivity index (χ0v) is 10.3. The molecular weight excluding hydrogens is 243 g/mol. The van der Waals surface area contributed by atoms with Gasteiger partial charge in [-0.2, -0.15) is 0 Å². The van der Waals surface area contributed by atoms with Crippen molar-refractivity contribution >= 4 is 11.6 Å². The molecule has 1 aromatic heterocycles. The predicted molar refractivity (Wildman–Crippen MR) is 70.6 cm³/mol. The minimum Gasteiger partial charge on any atom is -0.307 e. The van der Waals surface area contributed by atoms with Crippen LogP contribution < -0.4 is 4.90 Å². The van der Waals surface area contributed by atoms with Crippen LogP contribution >= 0.6 is 0 Å². The first-order chi connectivity index (χ1) is 9.25. The molecule has 0 atom stereocenters. The quantitative estimate of drug-likeness (QED) is 0.786. The Hall–Kier alpha value is -2.23. The predicted octanol–water partition coefficient (Wildman–Crippen LogP) is 2.81. The molecule has 3 nitrogen and oxygen atoms in total. The Morgan fingerprint density at radius 1 is 1.26 bits per heavy atom. The SMILES string of the molecule is O=C(c1cccc(F)c1)N1CCCc2ncccc21. The van der Waals surface area contributed by atoms with Crippen LogP contribution in [0, 0.1) is 5.82 Å². The molecule has 0 unspecified atom stereocenters. The number of hydrogen-bond acceptors (Lipinski definition) is 2. The zero-order chi connectivity index (χ0) is 13.2. The lowest BCUT2D eigenvalue weighted by molar-refractivity contribution is 0.0984. The Morgan fingerprint density at radius 2 is 2.16 bits per heavy atom. The highest BCUT2D eigenvalue weighted by Gasteiger charge is 2.24. The summed E-state index contributed by atoms with van der Waals surface area (Å²) in [5.41, 5.74) is 2.14. The van der Waals surface area contributed by atoms with E-state index < -0.39 is 5.82 Å². The second-order valence-electron chi connectivity index (χ2n) is 4.54. The highest BCUT2D eigenvalue weighted by Crippen LogP contribution is 2.26. The molecule has 0 spiro atoms. The number of halogens is 1. The monoisotopic (exact) mass is 256 g/mol. The maximum absolute atomic E-state index is 13.2. The zero-order valence-electron chi connectivity index (χ0n) is 10.3. The van der Waals surface area contributed by atoms with Crippen molar-refractivity contribution in [3.8, 4) is 0 Å². The third kappa shape index (κ3) is 2.21. The molecular formula is C15H13FN2O. The summed E-state index contributed by atoms with van der Waals surface area (Å²) in [4.78, 5) is 18.4. The largest absolute Gasteiger partial charge is 0.307 e. The van der Waals surface area contributed by atoms with E-state index in [-0.39, 0.29) is 5.91 Å². The van der Waals surface area contributed by atoms with Crippen molar-refractivity contribution in [1.29, 1.82) is 0 Å². The number of rotatable bonds is 1. The van der Waals surface area contributed by atoms with Gasteiger partial charge in [-0.1, -0.05) is 6.07 Å². The lowest BCUT2D eigenvalue weighted by Crippen LogP contribution is -2.35. The number of carbonyl (C=O) groups is 1. The van der Waals surface area contributed by atoms with E-state index in [1.54, 1.807) is 23.2 Å². The summed E-state index contributed by atoms with van der Waals surface area (Å²) >= 11 is 0. The molecule has 2 heterocycles. The molecule has 4 heteroatoms. The number of anilines is 1. The highest BCUT2D eigenvalue weighted by molar-refractivity contribution is 6.06. The first-order valence-electron chi connectivity index (χ1n) is 6.27. The van der Waals surface area contributed by atoms with Gasteiger partial charge in [-0.25, -0.2) is 4.39 Å². The molecule has 96 valence electrons. The van der Waals surface area contributed by atoms with E-state index >= 15 is 0 Å². The molecule has 0 bridgehead atoms. The molecule has 0 aliphatic carbocycles. The Balaban J connectivity index is 1.98. The number of aromatic nitrogens is 1. The Kier molecular flexibility index (Phi) is 2.99. The summed E-state index contributed by atoms with van der Waals surface area (Å²) in [5, 5.41) is 0. The summed E-state index contributed by atoms with van der Waals surface area (Å²) in [7, 11) is 0. The molecule has 3 rings (SSSR count). The number of benzene rings is 1. The molecule has 1 aliphatic heterocycles. The highest BCUT2D eigenvalue weighted by atomic mass is 19.1. The van der Waals surface area contributed by atoms with Crippen molar-refractivity contribution in [2.24, 2.45) is 0 Å². The van der Waals surface area contributed by atoms with Gasteiger partial charge in [0.15, 0.2) is 0 Å². The summed E-state index contributed by atoms with van der Waals surface area (Å²) < 4.78 is 13.2. The van der Waals surface area contributed by atoms with Gasteiger partial charge in [0.25, 0.3) is 5.91 Å². The van der Waals surface area contributed by atoms with Crippen LogP contribution in [-0.2, 0) is 6.42 Å². The minimum atomic E-state index is -0.394. The van der Waals surface area contributed by atoms with Crippen molar-refractivity contribution in [1.82, 2.24) is 4.98 Å². The number of nitrogens with zero attached hydrogens (tertiary/aromatic N) is 2. The summed E-state index contributed by atoms with van der Waals surface area (Å²) in [6, 6.07) is 9.50. The van der Waals surface area contributed by atoms with Gasteiger partial charge in [0.05, 0.1) is 11.4 Å². The lowest BCUT2D eigenvalue weighted by atomic mass is 10.1. The van der Waals surface area contributed by atoms with Gasteiger partial charge in [0.2, 0.25) is 0 Å². The van der Waals surface area contributed by atoms with Crippen molar-refractivity contribution < 1.29 is 9.18 Å². The Morgan fingerprint density at radius 3 is 3.00 bits per heavy atom. The van der Waals surface area contributed by atoms with Crippen LogP contribution in [0.3, 0.4) is 0 Å². The molecule has 0 N–H and O–H groups in total. The number of aryl methyl sites for hydroxylation is 1. The second-order valence-corrected chi connectivity index (χ2v) is 4.54. The molecule has 1 aromatic carbocycles. The molecule has 0 fully saturated rings. The van der Waals surface area contributed by atoms with Crippen molar-refractivity contribution in [2.45, 2.75) is 12.8 Å². The number of carbonyl (C=O) groups excluding carboxylic acids is 1. The van der Waals surface area contributed by atoms with Gasteiger partial charge in [0.1, 0.15) is 5.82 Å². The molecule has 1 amide bonds. The number of fused-ring (bicyclic) bond motifs is 1. The van der Waals surface area contributed by atoms with Crippen molar-refractivity contribution in [3.05, 3.63) is 59.7 Å². The van der Waals surface area contributed by atoms with Gasteiger partial charge in [-0.05, 0) is 43.2 Å². The van der Waals surface area contributed by atoms with E-state index in [1.807, 2.05) is 12.1 Å². The average Bonchev–Trinajstić information content (AvgIpc) is 2.46. The second kappa shape index (κ2) is 4.80. The van der Waals surface area contributed by atoms with E-state index in [2.05, 4.69) is 4.98 Å². The third-order valence-electron chi connectivity index (χ3n) is 3.27. The van der Waals surface area contributed by atoms with Crippen LogP contribution in [-0.4, -0.2) is 17.4 Å². The standard InChI is InChI=1S/C15H13FN2O/c16-12-5-1-4-11(10-12)15(19)18-9-3-6-13-14(18)7-2-8-17-13/h1-2,4-5,7-8,10H,3,6,9H2. The average molecular weight is 256 g/mol. The fourth-order valence-corrected chi connectivity index (χ4v) is 2.38. The summed E-state index contributed by atoms with van der Waals surface area (Å²) in [6.07, 6.45) is 3.49. The van der Waals surface area contributed by atoms with E-state index in [1.165, 1.54) is 12.1 Å². The van der Waals surface area contributed by atoms with Crippen LogP contribution in [0.2, 0.25) is 0 Å². The maximum atomic E-state index is 13.2. The van der Waals surface area contributed by atoms with E-state index in [9.17, 15) is 9.18 Å². The number of pyridine rings is 1. The Labute approximate surface area is 110 Å². The minimum absolute atomic E-state index is 0.173. The van der Waals surface area contributed by atoms with Gasteiger partial charge >= 0.3 is 0 Å². The van der Waals surface area contributed by atoms with Crippen LogP contribution in [0.5, 0.6) is 0 Å². The van der Waals surface area contributed by atoms with Crippen LogP contribution in [0.25, 0.3) is 0 Å².